The molecule has 1 fully saturated rings. The summed E-state index contributed by atoms with van der Waals surface area (Å²) in [7, 11) is 0. The molecule has 2 aliphatic rings. The monoisotopic (exact) mass is 432 g/mol. The highest BCUT2D eigenvalue weighted by Crippen LogP contribution is 2.46. The number of aromatic nitrogens is 5. The molecule has 4 aromatic rings. The highest BCUT2D eigenvalue weighted by molar-refractivity contribution is 7.15. The number of piperidine rings is 1. The molecule has 6 rings (SSSR count). The lowest BCUT2D eigenvalue weighted by Gasteiger charge is -2.44. The maximum absolute atomic E-state index is 13.2. The molecule has 0 aromatic carbocycles. The SMILES string of the molecule is O=C(c1cnn2cccnc12)N1CCC2(CC1)OCCc1sc(-c3cnccn3)cc12. The first kappa shape index (κ1) is 18.6. The Bertz CT molecular complexity index is 1260. The van der Waals surface area contributed by atoms with Crippen LogP contribution in [-0.4, -0.2) is 55.1 Å². The molecular weight excluding hydrogens is 412 g/mol. The van der Waals surface area contributed by atoms with Crippen LogP contribution in [0.15, 0.2) is 49.3 Å². The minimum Gasteiger partial charge on any atom is -0.370 e. The van der Waals surface area contributed by atoms with Gasteiger partial charge in [0.15, 0.2) is 5.65 Å². The van der Waals surface area contributed by atoms with E-state index in [0.717, 1.165) is 29.8 Å². The number of likely N-dealkylation sites (tertiary alicyclic amines) is 1. The van der Waals surface area contributed by atoms with Crippen LogP contribution in [0.3, 0.4) is 0 Å². The molecule has 31 heavy (non-hydrogen) atoms. The molecule has 6 heterocycles. The molecule has 2 aliphatic heterocycles. The van der Waals surface area contributed by atoms with Crippen LogP contribution < -0.4 is 0 Å². The molecule has 1 saturated heterocycles. The van der Waals surface area contributed by atoms with Gasteiger partial charge in [-0.05, 0) is 30.5 Å². The highest BCUT2D eigenvalue weighted by atomic mass is 32.1. The van der Waals surface area contributed by atoms with Gasteiger partial charge in [-0.3, -0.25) is 14.8 Å². The number of fused-ring (bicyclic) bond motifs is 3. The second-order valence-electron chi connectivity index (χ2n) is 7.87. The first-order valence-electron chi connectivity index (χ1n) is 10.3. The van der Waals surface area contributed by atoms with Crippen LogP contribution in [0.1, 0.15) is 33.6 Å². The summed E-state index contributed by atoms with van der Waals surface area (Å²) in [5.41, 5.74) is 2.96. The van der Waals surface area contributed by atoms with E-state index in [1.807, 2.05) is 4.90 Å². The van der Waals surface area contributed by atoms with Gasteiger partial charge in [-0.15, -0.1) is 11.3 Å². The van der Waals surface area contributed by atoms with E-state index in [-0.39, 0.29) is 11.5 Å². The molecule has 0 radical (unpaired) electrons. The molecule has 0 N–H and O–H groups in total. The molecular formula is C22H20N6O2S. The Labute approximate surface area is 182 Å². The normalized spacial score (nSPS) is 17.7. The number of rotatable bonds is 2. The quantitative estimate of drug-likeness (QED) is 0.484. The van der Waals surface area contributed by atoms with E-state index in [1.54, 1.807) is 59.1 Å². The molecule has 0 saturated carbocycles. The van der Waals surface area contributed by atoms with Gasteiger partial charge < -0.3 is 9.64 Å². The molecule has 4 aromatic heterocycles. The van der Waals surface area contributed by atoms with Crippen LogP contribution in [0.2, 0.25) is 0 Å². The lowest BCUT2D eigenvalue weighted by atomic mass is 9.82. The number of amides is 1. The molecule has 0 bridgehead atoms. The zero-order valence-electron chi connectivity index (χ0n) is 16.8. The number of hydrogen-bond acceptors (Lipinski definition) is 7. The van der Waals surface area contributed by atoms with Crippen LogP contribution in [0, 0.1) is 0 Å². The average molecular weight is 433 g/mol. The van der Waals surface area contributed by atoms with Crippen molar-refractivity contribution in [1.82, 2.24) is 29.5 Å². The van der Waals surface area contributed by atoms with Gasteiger partial charge in [-0.25, -0.2) is 9.50 Å². The van der Waals surface area contributed by atoms with Crippen molar-refractivity contribution in [3.63, 3.8) is 0 Å². The van der Waals surface area contributed by atoms with Gasteiger partial charge in [0.1, 0.15) is 5.56 Å². The van der Waals surface area contributed by atoms with Crippen molar-refractivity contribution in [2.24, 2.45) is 0 Å². The minimum atomic E-state index is -0.333. The largest absolute Gasteiger partial charge is 0.370 e. The Kier molecular flexibility index (Phi) is 4.32. The summed E-state index contributed by atoms with van der Waals surface area (Å²) in [6, 6.07) is 4.02. The second kappa shape index (κ2) is 7.21. The van der Waals surface area contributed by atoms with Gasteiger partial charge in [0.25, 0.3) is 5.91 Å². The number of thiophene rings is 1. The maximum Gasteiger partial charge on any atom is 0.259 e. The van der Waals surface area contributed by atoms with Crippen molar-refractivity contribution in [1.29, 1.82) is 0 Å². The van der Waals surface area contributed by atoms with Crippen LogP contribution >= 0.6 is 11.3 Å². The molecule has 0 atom stereocenters. The summed E-state index contributed by atoms with van der Waals surface area (Å²) in [5.74, 6) is -0.0230. The van der Waals surface area contributed by atoms with Crippen molar-refractivity contribution >= 4 is 22.9 Å². The summed E-state index contributed by atoms with van der Waals surface area (Å²) in [5, 5.41) is 4.25. The highest BCUT2D eigenvalue weighted by Gasteiger charge is 2.43. The zero-order valence-corrected chi connectivity index (χ0v) is 17.6. The minimum absolute atomic E-state index is 0.0230. The molecule has 0 unspecified atom stereocenters. The summed E-state index contributed by atoms with van der Waals surface area (Å²) >= 11 is 1.78. The third kappa shape index (κ3) is 3.03. The Balaban J connectivity index is 1.25. The van der Waals surface area contributed by atoms with Crippen LogP contribution in [-0.2, 0) is 16.8 Å². The first-order valence-corrected chi connectivity index (χ1v) is 11.2. The van der Waals surface area contributed by atoms with E-state index in [4.69, 9.17) is 4.74 Å². The van der Waals surface area contributed by atoms with Crippen molar-refractivity contribution in [3.8, 4) is 10.6 Å². The van der Waals surface area contributed by atoms with Crippen molar-refractivity contribution in [2.45, 2.75) is 24.9 Å². The van der Waals surface area contributed by atoms with E-state index in [0.29, 0.717) is 30.9 Å². The van der Waals surface area contributed by atoms with Crippen LogP contribution in [0.5, 0.6) is 0 Å². The second-order valence-corrected chi connectivity index (χ2v) is 9.01. The molecule has 156 valence electrons. The van der Waals surface area contributed by atoms with E-state index in [1.165, 1.54) is 10.4 Å². The molecule has 0 aliphatic carbocycles. The average Bonchev–Trinajstić information content (AvgIpc) is 3.45. The molecule has 9 heteroatoms. The molecule has 1 amide bonds. The van der Waals surface area contributed by atoms with E-state index in [9.17, 15) is 4.79 Å². The van der Waals surface area contributed by atoms with Gasteiger partial charge in [-0.1, -0.05) is 0 Å². The van der Waals surface area contributed by atoms with Crippen LogP contribution in [0.4, 0.5) is 0 Å². The Hall–Kier alpha value is -3.17. The lowest BCUT2D eigenvalue weighted by Crippen LogP contribution is -2.48. The Morgan fingerprint density at radius 3 is 2.87 bits per heavy atom. The zero-order chi connectivity index (χ0) is 20.8. The van der Waals surface area contributed by atoms with Gasteiger partial charge in [0.2, 0.25) is 0 Å². The topological polar surface area (TPSA) is 85.5 Å². The predicted octanol–water partition coefficient (Wildman–Crippen LogP) is 2.95. The fraction of sp³-hybridized carbons (Fsp3) is 0.318. The summed E-state index contributed by atoms with van der Waals surface area (Å²) in [6.45, 7) is 1.98. The number of carbonyl (C=O) groups is 1. The number of carbonyl (C=O) groups excluding carboxylic acids is 1. The van der Waals surface area contributed by atoms with Crippen LogP contribution in [0.25, 0.3) is 16.2 Å². The van der Waals surface area contributed by atoms with Gasteiger partial charge in [0, 0.05) is 49.2 Å². The summed E-state index contributed by atoms with van der Waals surface area (Å²) < 4.78 is 8.01. The Morgan fingerprint density at radius 1 is 1.13 bits per heavy atom. The van der Waals surface area contributed by atoms with E-state index >= 15 is 0 Å². The van der Waals surface area contributed by atoms with Crippen molar-refractivity contribution in [2.75, 3.05) is 19.7 Å². The van der Waals surface area contributed by atoms with E-state index < -0.39 is 0 Å². The Morgan fingerprint density at radius 2 is 2.03 bits per heavy atom. The smallest absolute Gasteiger partial charge is 0.259 e. The van der Waals surface area contributed by atoms with Crippen molar-refractivity contribution in [3.05, 3.63) is 65.3 Å². The van der Waals surface area contributed by atoms with Gasteiger partial charge in [-0.2, -0.15) is 5.10 Å². The van der Waals surface area contributed by atoms with E-state index in [2.05, 4.69) is 26.1 Å². The number of ether oxygens (including phenoxy) is 1. The third-order valence-corrected chi connectivity index (χ3v) is 7.41. The fourth-order valence-corrected chi connectivity index (χ4v) is 5.80. The third-order valence-electron chi connectivity index (χ3n) is 6.19. The van der Waals surface area contributed by atoms with Gasteiger partial charge in [0.05, 0.1) is 35.2 Å². The maximum atomic E-state index is 13.2. The molecule has 1 spiro atoms. The predicted molar refractivity (Wildman–Crippen MR) is 115 cm³/mol. The first-order chi connectivity index (χ1) is 15.2. The standard InChI is InChI=1S/C22H20N6O2S/c29-21(15-13-26-28-8-1-5-25-20(15)28)27-9-3-22(4-10-27)16-12-19(17-14-23-6-7-24-17)31-18(16)2-11-30-22/h1,5-8,12-14H,2-4,9-11H2. The van der Waals surface area contributed by atoms with Crippen molar-refractivity contribution < 1.29 is 9.53 Å². The van der Waals surface area contributed by atoms with Gasteiger partial charge >= 0.3 is 0 Å². The lowest BCUT2D eigenvalue weighted by molar-refractivity contribution is -0.0926. The summed E-state index contributed by atoms with van der Waals surface area (Å²) in [4.78, 5) is 30.5. The number of hydrogen-bond donors (Lipinski definition) is 0. The molecule has 8 nitrogen and oxygen atoms in total. The number of nitrogens with zero attached hydrogens (tertiary/aromatic N) is 6. The summed E-state index contributed by atoms with van der Waals surface area (Å²) in [6.07, 6.45) is 12.8. The fourth-order valence-electron chi connectivity index (χ4n) is 4.60.